The average Bonchev–Trinajstić information content (AvgIpc) is 3.12. The standard InChI is InChI=1S/C37H31ClN2O8S/c1-23-12-16-27(17-13-23)33(41)39-30-34(42)40-31(29(20-38)22-49(45,46)35(30)40)37(44)47-21-24-14-18-28(19-15-24)36(43)48-32(25-8-4-2-5-9-25)26-10-6-3-7-11-26/h2-19,30,32,35H,20-22H2,1H3,(H,39,41)/t30-,35-/m1/s1. The van der Waals surface area contributed by atoms with Gasteiger partial charge in [-0.25, -0.2) is 18.0 Å². The molecule has 12 heteroatoms. The molecular weight excluding hydrogens is 668 g/mol. The molecule has 0 unspecified atom stereocenters. The highest BCUT2D eigenvalue weighted by atomic mass is 35.5. The first-order chi connectivity index (χ1) is 23.6. The fourth-order valence-corrected chi connectivity index (χ4v) is 8.12. The molecule has 0 aromatic heterocycles. The van der Waals surface area contributed by atoms with Crippen LogP contribution in [0.1, 0.15) is 49.1 Å². The molecule has 4 aromatic carbocycles. The zero-order valence-corrected chi connectivity index (χ0v) is 27.8. The van der Waals surface area contributed by atoms with Crippen LogP contribution in [0.2, 0.25) is 0 Å². The number of carbonyl (C=O) groups is 4. The van der Waals surface area contributed by atoms with Gasteiger partial charge in [0.15, 0.2) is 21.3 Å². The molecule has 0 radical (unpaired) electrons. The molecule has 2 heterocycles. The van der Waals surface area contributed by atoms with Crippen molar-refractivity contribution in [1.29, 1.82) is 0 Å². The monoisotopic (exact) mass is 698 g/mol. The molecule has 2 aliphatic rings. The Bertz CT molecular complexity index is 1990. The van der Waals surface area contributed by atoms with Crippen LogP contribution in [0.4, 0.5) is 0 Å². The van der Waals surface area contributed by atoms with E-state index in [1.807, 2.05) is 67.6 Å². The first-order valence-corrected chi connectivity index (χ1v) is 17.6. The second-order valence-electron chi connectivity index (χ2n) is 11.7. The summed E-state index contributed by atoms with van der Waals surface area (Å²) in [6.07, 6.45) is -0.622. The minimum atomic E-state index is -4.00. The molecule has 1 fully saturated rings. The van der Waals surface area contributed by atoms with Gasteiger partial charge in [-0.15, -0.1) is 11.6 Å². The van der Waals surface area contributed by atoms with Gasteiger partial charge in [0.05, 0.1) is 11.3 Å². The summed E-state index contributed by atoms with van der Waals surface area (Å²) < 4.78 is 37.7. The number of β-lactam (4-membered cyclic amide) rings is 1. The summed E-state index contributed by atoms with van der Waals surface area (Å²) >= 11 is 6.04. The Hall–Kier alpha value is -5.26. The number of ether oxygens (including phenoxy) is 2. The third-order valence-electron chi connectivity index (χ3n) is 8.31. The van der Waals surface area contributed by atoms with Crippen LogP contribution in [0, 0.1) is 6.92 Å². The summed E-state index contributed by atoms with van der Waals surface area (Å²) in [7, 11) is -4.00. The van der Waals surface area contributed by atoms with Gasteiger partial charge in [-0.1, -0.05) is 90.5 Å². The highest BCUT2D eigenvalue weighted by Gasteiger charge is 2.60. The van der Waals surface area contributed by atoms with Gasteiger partial charge in [0.25, 0.3) is 11.8 Å². The number of sulfone groups is 1. The number of esters is 2. The quantitative estimate of drug-likeness (QED) is 0.141. The normalized spacial score (nSPS) is 17.9. The number of nitrogens with one attached hydrogen (secondary N) is 1. The van der Waals surface area contributed by atoms with E-state index in [0.29, 0.717) is 5.56 Å². The van der Waals surface area contributed by atoms with Gasteiger partial charge in [-0.2, -0.15) is 0 Å². The number of carbonyl (C=O) groups excluding carboxylic acids is 4. The van der Waals surface area contributed by atoms with Crippen molar-refractivity contribution in [3.8, 4) is 0 Å². The summed E-state index contributed by atoms with van der Waals surface area (Å²) in [6.45, 7) is 1.61. The van der Waals surface area contributed by atoms with Crippen molar-refractivity contribution in [3.05, 3.63) is 154 Å². The van der Waals surface area contributed by atoms with E-state index < -0.39 is 56.9 Å². The van der Waals surface area contributed by atoms with Crippen molar-refractivity contribution in [2.75, 3.05) is 11.6 Å². The Morgan fingerprint density at radius 2 is 1.41 bits per heavy atom. The molecule has 4 aromatic rings. The minimum absolute atomic E-state index is 0.0176. The number of halogens is 1. The third kappa shape index (κ3) is 6.99. The maximum absolute atomic E-state index is 13.3. The van der Waals surface area contributed by atoms with Gasteiger partial charge in [0.2, 0.25) is 0 Å². The predicted molar refractivity (Wildman–Crippen MR) is 181 cm³/mol. The number of aryl methyl sites for hydroxylation is 1. The number of amides is 2. The molecule has 0 bridgehead atoms. The Kier molecular flexibility index (Phi) is 9.66. The summed E-state index contributed by atoms with van der Waals surface area (Å²) in [5.41, 5.74) is 3.38. The van der Waals surface area contributed by atoms with E-state index in [0.717, 1.165) is 21.6 Å². The molecule has 250 valence electrons. The van der Waals surface area contributed by atoms with Crippen LogP contribution in [0.5, 0.6) is 0 Å². The predicted octanol–water partition coefficient (Wildman–Crippen LogP) is 4.87. The van der Waals surface area contributed by atoms with Crippen molar-refractivity contribution in [2.24, 2.45) is 0 Å². The number of rotatable bonds is 10. The molecule has 2 amide bonds. The zero-order valence-electron chi connectivity index (χ0n) is 26.2. The maximum atomic E-state index is 13.3. The lowest BCUT2D eigenvalue weighted by molar-refractivity contribution is -0.152. The van der Waals surface area contributed by atoms with Gasteiger partial charge >= 0.3 is 11.9 Å². The van der Waals surface area contributed by atoms with E-state index in [9.17, 15) is 27.6 Å². The molecule has 10 nitrogen and oxygen atoms in total. The summed E-state index contributed by atoms with van der Waals surface area (Å²) in [5, 5.41) is 1.01. The molecule has 0 spiro atoms. The summed E-state index contributed by atoms with van der Waals surface area (Å²) in [4.78, 5) is 53.4. The molecule has 2 atom stereocenters. The fourth-order valence-electron chi connectivity index (χ4n) is 5.76. The van der Waals surface area contributed by atoms with Gasteiger partial charge in [0.1, 0.15) is 18.3 Å². The van der Waals surface area contributed by atoms with E-state index >= 15 is 0 Å². The van der Waals surface area contributed by atoms with Gasteiger partial charge in [-0.3, -0.25) is 14.5 Å². The first-order valence-electron chi connectivity index (χ1n) is 15.3. The van der Waals surface area contributed by atoms with Crippen LogP contribution < -0.4 is 5.32 Å². The van der Waals surface area contributed by atoms with Gasteiger partial charge in [0, 0.05) is 11.4 Å². The Balaban J connectivity index is 1.12. The van der Waals surface area contributed by atoms with Gasteiger partial charge < -0.3 is 14.8 Å². The number of benzene rings is 4. The molecule has 6 rings (SSSR count). The van der Waals surface area contributed by atoms with Crippen LogP contribution in [0.3, 0.4) is 0 Å². The second kappa shape index (κ2) is 14.1. The highest BCUT2D eigenvalue weighted by molar-refractivity contribution is 7.92. The number of hydrogen-bond donors (Lipinski definition) is 1. The zero-order chi connectivity index (χ0) is 34.7. The number of alkyl halides is 1. The van der Waals surface area contributed by atoms with Crippen molar-refractivity contribution < 1.29 is 37.1 Å². The van der Waals surface area contributed by atoms with Crippen molar-refractivity contribution in [2.45, 2.75) is 31.1 Å². The molecule has 0 aliphatic carbocycles. The van der Waals surface area contributed by atoms with Crippen molar-refractivity contribution >= 4 is 45.2 Å². The Morgan fingerprint density at radius 3 is 1.98 bits per heavy atom. The van der Waals surface area contributed by atoms with Crippen LogP contribution >= 0.6 is 11.6 Å². The highest BCUT2D eigenvalue weighted by Crippen LogP contribution is 2.38. The summed E-state index contributed by atoms with van der Waals surface area (Å²) in [5.74, 6) is -3.78. The topological polar surface area (TPSA) is 136 Å². The first kappa shape index (κ1) is 33.6. The Labute approximate surface area is 288 Å². The second-order valence-corrected chi connectivity index (χ2v) is 14.1. The number of nitrogens with zero attached hydrogens (tertiary/aromatic N) is 1. The van der Waals surface area contributed by atoms with Crippen molar-refractivity contribution in [1.82, 2.24) is 10.2 Å². The van der Waals surface area contributed by atoms with Crippen LogP contribution in [0.15, 0.2) is 120 Å². The van der Waals surface area contributed by atoms with Crippen LogP contribution in [-0.4, -0.2) is 60.1 Å². The van der Waals surface area contributed by atoms with E-state index in [-0.39, 0.29) is 34.9 Å². The van der Waals surface area contributed by atoms with Crippen molar-refractivity contribution in [3.63, 3.8) is 0 Å². The maximum Gasteiger partial charge on any atom is 0.355 e. The molecule has 1 saturated heterocycles. The fraction of sp³-hybridized carbons (Fsp3) is 0.189. The summed E-state index contributed by atoms with van der Waals surface area (Å²) in [6, 6.07) is 30.2. The smallest absolute Gasteiger partial charge is 0.355 e. The lowest BCUT2D eigenvalue weighted by Gasteiger charge is -2.49. The van der Waals surface area contributed by atoms with E-state index in [1.165, 1.54) is 0 Å². The van der Waals surface area contributed by atoms with Crippen LogP contribution in [-0.2, 0) is 35.5 Å². The Morgan fingerprint density at radius 1 is 0.837 bits per heavy atom. The van der Waals surface area contributed by atoms with Crippen LogP contribution in [0.25, 0.3) is 0 Å². The molecule has 2 aliphatic heterocycles. The van der Waals surface area contributed by atoms with E-state index in [4.69, 9.17) is 21.1 Å². The minimum Gasteiger partial charge on any atom is -0.456 e. The molecule has 0 saturated carbocycles. The number of fused-ring (bicyclic) bond motifs is 1. The van der Waals surface area contributed by atoms with Gasteiger partial charge in [-0.05, 0) is 53.5 Å². The molecular formula is C37H31ClN2O8S. The van der Waals surface area contributed by atoms with E-state index in [2.05, 4.69) is 5.32 Å². The SMILES string of the molecule is Cc1ccc(C(=O)N[C@@H]2C(=O)N3C(C(=O)OCc4ccc(C(=O)OC(c5ccccc5)c5ccccc5)cc4)=C(CCl)CS(=O)(=O)[C@H]23)cc1. The number of hydrogen-bond acceptors (Lipinski definition) is 8. The van der Waals surface area contributed by atoms with E-state index in [1.54, 1.807) is 48.5 Å². The largest absolute Gasteiger partial charge is 0.456 e. The lowest BCUT2D eigenvalue weighted by atomic mass is 10.0. The average molecular weight is 699 g/mol. The molecule has 1 N–H and O–H groups in total. The molecule has 49 heavy (non-hydrogen) atoms. The third-order valence-corrected chi connectivity index (χ3v) is 10.6. The lowest BCUT2D eigenvalue weighted by Crippen LogP contribution is -2.74.